The highest BCUT2D eigenvalue weighted by molar-refractivity contribution is 6.00. The molecule has 0 atom stereocenters. The average molecular weight is 258 g/mol. The number of carbonyl (C=O) groups excluding carboxylic acids is 2. The summed E-state index contributed by atoms with van der Waals surface area (Å²) < 4.78 is 10.3. The third-order valence-electron chi connectivity index (χ3n) is 2.85. The van der Waals surface area contributed by atoms with Gasteiger partial charge >= 0.3 is 11.9 Å². The van der Waals surface area contributed by atoms with E-state index in [4.69, 9.17) is 9.47 Å². The lowest BCUT2D eigenvalue weighted by Gasteiger charge is -2.28. The van der Waals surface area contributed by atoms with E-state index in [2.05, 4.69) is 0 Å². The Morgan fingerprint density at radius 3 is 1.72 bits per heavy atom. The molecule has 0 bridgehead atoms. The van der Waals surface area contributed by atoms with Crippen LogP contribution in [-0.4, -0.2) is 25.2 Å². The van der Waals surface area contributed by atoms with E-state index >= 15 is 0 Å². The van der Waals surface area contributed by atoms with Gasteiger partial charge in [0.05, 0.1) is 13.2 Å². The summed E-state index contributed by atoms with van der Waals surface area (Å²) in [5.41, 5.74) is -1.10. The average Bonchev–Trinajstić information content (AvgIpc) is 2.35. The molecule has 0 rings (SSSR count). The summed E-state index contributed by atoms with van der Waals surface area (Å²) in [5.74, 6) is -0.860. The number of hydrogen-bond acceptors (Lipinski definition) is 4. The summed E-state index contributed by atoms with van der Waals surface area (Å²) in [5, 5.41) is 0. The Morgan fingerprint density at radius 1 is 0.833 bits per heavy atom. The van der Waals surface area contributed by atoms with Gasteiger partial charge < -0.3 is 9.47 Å². The second-order valence-corrected chi connectivity index (χ2v) is 4.44. The smallest absolute Gasteiger partial charge is 0.323 e. The van der Waals surface area contributed by atoms with Crippen LogP contribution in [0.2, 0.25) is 0 Å². The van der Waals surface area contributed by atoms with E-state index in [0.717, 1.165) is 19.3 Å². The molecular weight excluding hydrogens is 232 g/mol. The maximum Gasteiger partial charge on any atom is 0.323 e. The minimum absolute atomic E-state index is 0.287. The zero-order chi connectivity index (χ0) is 14.0. The summed E-state index contributed by atoms with van der Waals surface area (Å²) in [7, 11) is 0. The van der Waals surface area contributed by atoms with E-state index in [0.29, 0.717) is 19.4 Å². The molecule has 0 radical (unpaired) electrons. The van der Waals surface area contributed by atoms with E-state index in [1.54, 1.807) is 6.92 Å². The highest BCUT2D eigenvalue weighted by Gasteiger charge is 2.47. The Balaban J connectivity index is 5.05. The molecular formula is C14H26O4. The molecule has 4 heteroatoms. The molecule has 0 aromatic rings. The predicted octanol–water partition coefficient (Wildman–Crippen LogP) is 3.09. The van der Waals surface area contributed by atoms with E-state index in [9.17, 15) is 9.59 Å². The van der Waals surface area contributed by atoms with Crippen molar-refractivity contribution in [3.63, 3.8) is 0 Å². The van der Waals surface area contributed by atoms with Crippen molar-refractivity contribution in [2.45, 2.75) is 59.8 Å². The van der Waals surface area contributed by atoms with Crippen molar-refractivity contribution in [1.29, 1.82) is 0 Å². The molecule has 0 heterocycles. The van der Waals surface area contributed by atoms with Crippen LogP contribution >= 0.6 is 0 Å². The minimum Gasteiger partial charge on any atom is -0.465 e. The van der Waals surface area contributed by atoms with Crippen LogP contribution in [0.25, 0.3) is 0 Å². The fourth-order valence-corrected chi connectivity index (χ4v) is 2.07. The molecule has 0 N–H and O–H groups in total. The van der Waals surface area contributed by atoms with Crippen molar-refractivity contribution in [3.05, 3.63) is 0 Å². The first-order chi connectivity index (χ1) is 8.58. The second-order valence-electron chi connectivity index (χ2n) is 4.44. The van der Waals surface area contributed by atoms with Crippen LogP contribution in [-0.2, 0) is 19.1 Å². The van der Waals surface area contributed by atoms with Gasteiger partial charge in [0.25, 0.3) is 0 Å². The van der Waals surface area contributed by atoms with Gasteiger partial charge in [-0.15, -0.1) is 0 Å². The van der Waals surface area contributed by atoms with Gasteiger partial charge in [0.2, 0.25) is 0 Å². The van der Waals surface area contributed by atoms with Crippen LogP contribution in [0.15, 0.2) is 0 Å². The molecule has 0 saturated heterocycles. The molecule has 4 nitrogen and oxygen atoms in total. The van der Waals surface area contributed by atoms with Crippen molar-refractivity contribution >= 4 is 11.9 Å². The number of rotatable bonds is 9. The quantitative estimate of drug-likeness (QED) is 0.471. The maximum absolute atomic E-state index is 12.2. The molecule has 0 fully saturated rings. The highest BCUT2D eigenvalue weighted by Crippen LogP contribution is 2.33. The van der Waals surface area contributed by atoms with E-state index in [-0.39, 0.29) is 6.61 Å². The Kier molecular flexibility index (Phi) is 8.42. The van der Waals surface area contributed by atoms with Gasteiger partial charge in [-0.1, -0.05) is 33.6 Å². The minimum atomic E-state index is -1.10. The number of ether oxygens (including phenoxy) is 2. The van der Waals surface area contributed by atoms with Crippen LogP contribution in [0.3, 0.4) is 0 Å². The lowest BCUT2D eigenvalue weighted by atomic mass is 9.79. The molecule has 106 valence electrons. The van der Waals surface area contributed by atoms with Gasteiger partial charge in [0.1, 0.15) is 0 Å². The summed E-state index contributed by atoms with van der Waals surface area (Å²) in [6.45, 7) is 8.23. The van der Waals surface area contributed by atoms with Gasteiger partial charge in [0.15, 0.2) is 5.41 Å². The monoisotopic (exact) mass is 258 g/mol. The number of esters is 2. The largest absolute Gasteiger partial charge is 0.465 e. The molecule has 0 amide bonds. The van der Waals surface area contributed by atoms with Crippen molar-refractivity contribution in [2.24, 2.45) is 5.41 Å². The molecule has 0 aliphatic carbocycles. The number of carbonyl (C=O) groups is 2. The maximum atomic E-state index is 12.2. The fraction of sp³-hybridized carbons (Fsp3) is 0.857. The van der Waals surface area contributed by atoms with E-state index in [1.807, 2.05) is 20.8 Å². The van der Waals surface area contributed by atoms with Crippen LogP contribution in [0.5, 0.6) is 0 Å². The van der Waals surface area contributed by atoms with E-state index in [1.165, 1.54) is 0 Å². The normalized spacial score (nSPS) is 11.1. The zero-order valence-corrected chi connectivity index (χ0v) is 12.1. The van der Waals surface area contributed by atoms with Gasteiger partial charge in [-0.3, -0.25) is 9.59 Å². The molecule has 0 aromatic heterocycles. The molecule has 0 aliphatic rings. The van der Waals surface area contributed by atoms with Crippen LogP contribution in [0.1, 0.15) is 59.8 Å². The first kappa shape index (κ1) is 16.9. The van der Waals surface area contributed by atoms with Crippen LogP contribution in [0, 0.1) is 5.41 Å². The standard InChI is InChI=1S/C14H26O4/c1-5-9-14(10-6-2,12(15)17-8-4)13(16)18-11-7-3/h5-11H2,1-4H3. The van der Waals surface area contributed by atoms with Gasteiger partial charge in [-0.25, -0.2) is 0 Å². The van der Waals surface area contributed by atoms with Gasteiger partial charge in [0, 0.05) is 0 Å². The lowest BCUT2D eigenvalue weighted by Crippen LogP contribution is -2.42. The Bertz CT molecular complexity index is 255. The summed E-state index contributed by atoms with van der Waals surface area (Å²) in [4.78, 5) is 24.3. The predicted molar refractivity (Wildman–Crippen MR) is 70.1 cm³/mol. The molecule has 0 aromatic carbocycles. The lowest BCUT2D eigenvalue weighted by molar-refractivity contribution is -0.173. The van der Waals surface area contributed by atoms with Crippen LogP contribution < -0.4 is 0 Å². The van der Waals surface area contributed by atoms with Crippen molar-refractivity contribution < 1.29 is 19.1 Å². The second kappa shape index (κ2) is 8.95. The fourth-order valence-electron chi connectivity index (χ4n) is 2.07. The van der Waals surface area contributed by atoms with Crippen molar-refractivity contribution in [1.82, 2.24) is 0 Å². The van der Waals surface area contributed by atoms with Gasteiger partial charge in [-0.2, -0.15) is 0 Å². The molecule has 0 aliphatic heterocycles. The Labute approximate surface area is 110 Å². The first-order valence-electron chi connectivity index (χ1n) is 6.93. The van der Waals surface area contributed by atoms with E-state index < -0.39 is 17.4 Å². The molecule has 18 heavy (non-hydrogen) atoms. The Morgan fingerprint density at radius 2 is 1.33 bits per heavy atom. The Hall–Kier alpha value is -1.06. The summed E-state index contributed by atoms with van der Waals surface area (Å²) in [6, 6.07) is 0. The summed E-state index contributed by atoms with van der Waals surface area (Å²) >= 11 is 0. The van der Waals surface area contributed by atoms with Crippen molar-refractivity contribution in [2.75, 3.05) is 13.2 Å². The SMILES string of the molecule is CCCOC(=O)C(CCC)(CCC)C(=O)OCC. The number of hydrogen-bond donors (Lipinski definition) is 0. The summed E-state index contributed by atoms with van der Waals surface area (Å²) in [6.07, 6.45) is 3.23. The third kappa shape index (κ3) is 4.31. The first-order valence-corrected chi connectivity index (χ1v) is 6.93. The molecule has 0 spiro atoms. The van der Waals surface area contributed by atoms with Gasteiger partial charge in [-0.05, 0) is 26.2 Å². The highest BCUT2D eigenvalue weighted by atomic mass is 16.6. The van der Waals surface area contributed by atoms with Crippen molar-refractivity contribution in [3.8, 4) is 0 Å². The third-order valence-corrected chi connectivity index (χ3v) is 2.85. The topological polar surface area (TPSA) is 52.6 Å². The molecule has 0 saturated carbocycles. The molecule has 0 unspecified atom stereocenters. The van der Waals surface area contributed by atoms with Crippen LogP contribution in [0.4, 0.5) is 0 Å². The zero-order valence-electron chi connectivity index (χ0n) is 12.1.